The van der Waals surface area contributed by atoms with Gasteiger partial charge in [0.05, 0.1) is 13.2 Å². The number of rotatable bonds is 4. The van der Waals surface area contributed by atoms with E-state index in [1.54, 1.807) is 54.5 Å². The zero-order valence-electron chi connectivity index (χ0n) is 14.9. The number of fused-ring (bicyclic) bond motifs is 1. The molecule has 1 amide bonds. The van der Waals surface area contributed by atoms with Crippen LogP contribution >= 0.6 is 0 Å². The number of carbonyl (C=O) groups is 1. The molecule has 0 bridgehead atoms. The molecule has 3 aromatic rings. The van der Waals surface area contributed by atoms with Crippen molar-refractivity contribution in [1.82, 2.24) is 9.55 Å². The average Bonchev–Trinajstić information content (AvgIpc) is 3.13. The zero-order chi connectivity index (χ0) is 18.8. The lowest BCUT2D eigenvalue weighted by Gasteiger charge is -2.18. The molecule has 6 nitrogen and oxygen atoms in total. The summed E-state index contributed by atoms with van der Waals surface area (Å²) in [6.45, 7) is 0. The normalized spacial score (nSPS) is 15.2. The molecule has 6 heteroatoms. The number of benzene rings is 1. The van der Waals surface area contributed by atoms with Crippen molar-refractivity contribution in [2.75, 3.05) is 12.4 Å². The van der Waals surface area contributed by atoms with E-state index < -0.39 is 5.91 Å². The van der Waals surface area contributed by atoms with Crippen LogP contribution in [0.15, 0.2) is 65.8 Å². The Hall–Kier alpha value is -3.41. The van der Waals surface area contributed by atoms with E-state index in [1.165, 1.54) is 5.56 Å². The summed E-state index contributed by atoms with van der Waals surface area (Å²) in [5, 5.41) is 2.74. The third-order valence-corrected chi connectivity index (χ3v) is 4.89. The minimum atomic E-state index is -0.432. The second-order valence-electron chi connectivity index (χ2n) is 6.41. The van der Waals surface area contributed by atoms with Crippen LogP contribution in [0, 0.1) is 0 Å². The number of methoxy groups -OCH3 is 1. The number of anilines is 1. The molecule has 1 atom stereocenters. The highest BCUT2D eigenvalue weighted by molar-refractivity contribution is 6.03. The highest BCUT2D eigenvalue weighted by Gasteiger charge is 2.29. The Labute approximate surface area is 156 Å². The Balaban J connectivity index is 1.71. The van der Waals surface area contributed by atoms with Crippen molar-refractivity contribution >= 4 is 11.6 Å². The van der Waals surface area contributed by atoms with Crippen LogP contribution in [-0.4, -0.2) is 22.6 Å². The number of carbonyl (C=O) groups excluding carboxylic acids is 1. The summed E-state index contributed by atoms with van der Waals surface area (Å²) >= 11 is 0. The molecule has 0 spiro atoms. The summed E-state index contributed by atoms with van der Waals surface area (Å²) in [4.78, 5) is 29.6. The summed E-state index contributed by atoms with van der Waals surface area (Å²) in [6.07, 6.45) is 6.57. The average molecular weight is 361 g/mol. The molecule has 0 radical (unpaired) electrons. The number of nitrogens with one attached hydrogen (secondary N) is 1. The highest BCUT2D eigenvalue weighted by Crippen LogP contribution is 2.39. The number of pyridine rings is 2. The lowest BCUT2D eigenvalue weighted by molar-refractivity contribution is 0.102. The number of hydrogen-bond donors (Lipinski definition) is 1. The minimum Gasteiger partial charge on any atom is -0.496 e. The van der Waals surface area contributed by atoms with Gasteiger partial charge in [-0.2, -0.15) is 0 Å². The van der Waals surface area contributed by atoms with E-state index in [9.17, 15) is 9.59 Å². The SMILES string of the molecule is COc1cccc2c1C(n1cccc(C(=O)Nc3ccncc3)c1=O)CC2. The van der Waals surface area contributed by atoms with E-state index in [1.807, 2.05) is 12.1 Å². The quantitative estimate of drug-likeness (QED) is 0.775. The smallest absolute Gasteiger partial charge is 0.263 e. The molecule has 1 aliphatic carbocycles. The molecule has 136 valence electrons. The van der Waals surface area contributed by atoms with Gasteiger partial charge in [-0.3, -0.25) is 14.6 Å². The monoisotopic (exact) mass is 361 g/mol. The van der Waals surface area contributed by atoms with Gasteiger partial charge in [0.25, 0.3) is 11.5 Å². The van der Waals surface area contributed by atoms with Crippen molar-refractivity contribution in [1.29, 1.82) is 0 Å². The number of hydrogen-bond acceptors (Lipinski definition) is 4. The summed E-state index contributed by atoms with van der Waals surface area (Å²) in [5.41, 5.74) is 2.59. The first kappa shape index (κ1) is 17.0. The van der Waals surface area contributed by atoms with E-state index in [0.717, 1.165) is 24.2 Å². The molecule has 4 rings (SSSR count). The zero-order valence-corrected chi connectivity index (χ0v) is 14.9. The van der Waals surface area contributed by atoms with Crippen LogP contribution in [0.4, 0.5) is 5.69 Å². The first-order chi connectivity index (χ1) is 13.2. The Morgan fingerprint density at radius 3 is 2.78 bits per heavy atom. The molecule has 1 aliphatic rings. The van der Waals surface area contributed by atoms with E-state index in [4.69, 9.17) is 4.74 Å². The number of amides is 1. The van der Waals surface area contributed by atoms with Crippen molar-refractivity contribution in [3.05, 3.63) is 88.1 Å². The van der Waals surface area contributed by atoms with Gasteiger partial charge in [0, 0.05) is 29.8 Å². The fourth-order valence-electron chi connectivity index (χ4n) is 3.64. The largest absolute Gasteiger partial charge is 0.496 e. The molecule has 1 unspecified atom stereocenters. The maximum Gasteiger partial charge on any atom is 0.263 e. The molecule has 2 heterocycles. The van der Waals surface area contributed by atoms with Crippen molar-refractivity contribution < 1.29 is 9.53 Å². The summed E-state index contributed by atoms with van der Waals surface area (Å²) in [6, 6.07) is 12.4. The Morgan fingerprint density at radius 2 is 2.00 bits per heavy atom. The van der Waals surface area contributed by atoms with E-state index in [2.05, 4.69) is 16.4 Å². The van der Waals surface area contributed by atoms with Gasteiger partial charge in [-0.05, 0) is 48.7 Å². The predicted octanol–water partition coefficient (Wildman–Crippen LogP) is 3.04. The molecule has 0 saturated carbocycles. The summed E-state index contributed by atoms with van der Waals surface area (Å²) in [5.74, 6) is 0.340. The number of nitrogens with zero attached hydrogens (tertiary/aromatic N) is 2. The van der Waals surface area contributed by atoms with Crippen LogP contribution in [0.1, 0.15) is 33.9 Å². The second-order valence-corrected chi connectivity index (χ2v) is 6.41. The predicted molar refractivity (Wildman–Crippen MR) is 102 cm³/mol. The lowest BCUT2D eigenvalue weighted by Crippen LogP contribution is -2.31. The summed E-state index contributed by atoms with van der Waals surface area (Å²) in [7, 11) is 1.63. The maximum atomic E-state index is 13.0. The fourth-order valence-corrected chi connectivity index (χ4v) is 3.64. The van der Waals surface area contributed by atoms with Crippen LogP contribution in [0.25, 0.3) is 0 Å². The molecule has 0 saturated heterocycles. The van der Waals surface area contributed by atoms with Crippen LogP contribution < -0.4 is 15.6 Å². The van der Waals surface area contributed by atoms with Crippen molar-refractivity contribution in [3.63, 3.8) is 0 Å². The molecule has 0 aliphatic heterocycles. The van der Waals surface area contributed by atoms with Crippen molar-refractivity contribution in [2.45, 2.75) is 18.9 Å². The van der Waals surface area contributed by atoms with Crippen LogP contribution in [0.2, 0.25) is 0 Å². The van der Waals surface area contributed by atoms with E-state index >= 15 is 0 Å². The Bertz CT molecular complexity index is 1040. The van der Waals surface area contributed by atoms with Gasteiger partial charge in [-0.1, -0.05) is 12.1 Å². The van der Waals surface area contributed by atoms with Gasteiger partial charge in [0.1, 0.15) is 11.3 Å². The molecule has 1 N–H and O–H groups in total. The third kappa shape index (κ3) is 3.10. The van der Waals surface area contributed by atoms with Crippen molar-refractivity contribution in [2.24, 2.45) is 0 Å². The maximum absolute atomic E-state index is 13.0. The topological polar surface area (TPSA) is 73.2 Å². The van der Waals surface area contributed by atoms with Crippen LogP contribution in [0.5, 0.6) is 5.75 Å². The first-order valence-electron chi connectivity index (χ1n) is 8.77. The van der Waals surface area contributed by atoms with Gasteiger partial charge in [0.2, 0.25) is 0 Å². The number of aryl methyl sites for hydroxylation is 1. The van der Waals surface area contributed by atoms with Crippen molar-refractivity contribution in [3.8, 4) is 5.75 Å². The first-order valence-corrected chi connectivity index (χ1v) is 8.77. The number of aromatic nitrogens is 2. The second kappa shape index (κ2) is 7.07. The molecule has 2 aromatic heterocycles. The lowest BCUT2D eigenvalue weighted by atomic mass is 10.1. The highest BCUT2D eigenvalue weighted by atomic mass is 16.5. The standard InChI is InChI=1S/C21H19N3O3/c1-27-18-6-2-4-14-7-8-17(19(14)18)24-13-3-5-16(21(24)26)20(25)23-15-9-11-22-12-10-15/h2-6,9-13,17H,7-8H2,1H3,(H,22,23,25). The van der Waals surface area contributed by atoms with Crippen LogP contribution in [0.3, 0.4) is 0 Å². The summed E-state index contributed by atoms with van der Waals surface area (Å²) < 4.78 is 7.14. The minimum absolute atomic E-state index is 0.109. The van der Waals surface area contributed by atoms with Crippen LogP contribution in [-0.2, 0) is 6.42 Å². The molecule has 1 aromatic carbocycles. The number of ether oxygens (including phenoxy) is 1. The third-order valence-electron chi connectivity index (χ3n) is 4.89. The molecule has 27 heavy (non-hydrogen) atoms. The van der Waals surface area contributed by atoms with Gasteiger partial charge in [0.15, 0.2) is 0 Å². The van der Waals surface area contributed by atoms with E-state index in [0.29, 0.717) is 5.69 Å². The Kier molecular flexibility index (Phi) is 4.46. The molecular weight excluding hydrogens is 342 g/mol. The van der Waals surface area contributed by atoms with Gasteiger partial charge in [-0.25, -0.2) is 0 Å². The molecule has 0 fully saturated rings. The fraction of sp³-hybridized carbons (Fsp3) is 0.190. The van der Waals surface area contributed by atoms with Gasteiger partial charge in [-0.15, -0.1) is 0 Å². The molecular formula is C21H19N3O3. The van der Waals surface area contributed by atoms with Gasteiger partial charge >= 0.3 is 0 Å². The van der Waals surface area contributed by atoms with E-state index in [-0.39, 0.29) is 17.2 Å². The van der Waals surface area contributed by atoms with Gasteiger partial charge < -0.3 is 14.6 Å². The Morgan fingerprint density at radius 1 is 1.19 bits per heavy atom.